The SMILES string of the molecule is CCOc1ccccc1CN(C)C(=O)[C@@]12CCCC[C@H]1CNC2.Cl. The van der Waals surface area contributed by atoms with Crippen LogP contribution in [0.15, 0.2) is 24.3 Å². The highest BCUT2D eigenvalue weighted by molar-refractivity contribution is 5.85. The van der Waals surface area contributed by atoms with Crippen molar-refractivity contribution in [1.82, 2.24) is 10.2 Å². The van der Waals surface area contributed by atoms with Crippen molar-refractivity contribution in [3.8, 4) is 5.75 Å². The number of amides is 1. The quantitative estimate of drug-likeness (QED) is 0.884. The fraction of sp³-hybridized carbons (Fsp3) is 0.632. The summed E-state index contributed by atoms with van der Waals surface area (Å²) >= 11 is 0. The van der Waals surface area contributed by atoms with Crippen molar-refractivity contribution in [2.24, 2.45) is 11.3 Å². The van der Waals surface area contributed by atoms with Crippen LogP contribution >= 0.6 is 12.4 Å². The number of rotatable bonds is 5. The van der Waals surface area contributed by atoms with Crippen LogP contribution < -0.4 is 10.1 Å². The second-order valence-electron chi connectivity index (χ2n) is 6.93. The molecule has 1 aromatic rings. The summed E-state index contributed by atoms with van der Waals surface area (Å²) in [4.78, 5) is 15.1. The van der Waals surface area contributed by atoms with E-state index >= 15 is 0 Å². The Morgan fingerprint density at radius 1 is 1.38 bits per heavy atom. The molecule has 1 N–H and O–H groups in total. The number of hydrogen-bond acceptors (Lipinski definition) is 3. The van der Waals surface area contributed by atoms with Gasteiger partial charge in [0.25, 0.3) is 0 Å². The van der Waals surface area contributed by atoms with Gasteiger partial charge in [0, 0.05) is 25.7 Å². The standard InChI is InChI=1S/C19H28N2O2.ClH/c1-3-23-17-10-5-4-8-15(17)13-21(2)18(22)19-11-7-6-9-16(19)12-20-14-19;/h4-5,8,10,16,20H,3,6-7,9,11-14H2,1-2H3;1H/t16-,19+;/m0./s1. The van der Waals surface area contributed by atoms with Crippen LogP contribution in [0.1, 0.15) is 38.2 Å². The Kier molecular flexibility index (Phi) is 6.53. The van der Waals surface area contributed by atoms with E-state index in [2.05, 4.69) is 11.4 Å². The van der Waals surface area contributed by atoms with Gasteiger partial charge in [0.2, 0.25) is 5.91 Å². The predicted molar refractivity (Wildman–Crippen MR) is 98.6 cm³/mol. The minimum atomic E-state index is -0.173. The van der Waals surface area contributed by atoms with Crippen LogP contribution in [0.3, 0.4) is 0 Å². The van der Waals surface area contributed by atoms with Crippen molar-refractivity contribution in [2.45, 2.75) is 39.2 Å². The summed E-state index contributed by atoms with van der Waals surface area (Å²) in [6.07, 6.45) is 4.65. The summed E-state index contributed by atoms with van der Waals surface area (Å²) in [5.41, 5.74) is 0.910. The molecular formula is C19H29ClN2O2. The third-order valence-electron chi connectivity index (χ3n) is 5.49. The van der Waals surface area contributed by atoms with Gasteiger partial charge in [0.05, 0.1) is 12.0 Å². The molecule has 1 saturated carbocycles. The Bertz CT molecular complexity index is 566. The molecule has 1 amide bonds. The van der Waals surface area contributed by atoms with Crippen LogP contribution in [0, 0.1) is 11.3 Å². The molecule has 0 unspecified atom stereocenters. The monoisotopic (exact) mass is 352 g/mol. The number of benzene rings is 1. The molecule has 24 heavy (non-hydrogen) atoms. The molecule has 1 saturated heterocycles. The smallest absolute Gasteiger partial charge is 0.230 e. The van der Waals surface area contributed by atoms with E-state index in [9.17, 15) is 4.79 Å². The number of nitrogens with zero attached hydrogens (tertiary/aromatic N) is 1. The molecule has 0 radical (unpaired) electrons. The topological polar surface area (TPSA) is 41.6 Å². The summed E-state index contributed by atoms with van der Waals surface area (Å²) < 4.78 is 5.70. The third-order valence-corrected chi connectivity index (χ3v) is 5.49. The van der Waals surface area contributed by atoms with E-state index in [0.29, 0.717) is 25.0 Å². The van der Waals surface area contributed by atoms with Crippen molar-refractivity contribution in [1.29, 1.82) is 0 Å². The predicted octanol–water partition coefficient (Wildman–Crippen LogP) is 3.25. The Balaban J connectivity index is 0.00000208. The van der Waals surface area contributed by atoms with E-state index in [0.717, 1.165) is 30.8 Å². The lowest BCUT2D eigenvalue weighted by molar-refractivity contribution is -0.144. The summed E-state index contributed by atoms with van der Waals surface area (Å²) in [5.74, 6) is 1.70. The zero-order valence-electron chi connectivity index (χ0n) is 14.7. The van der Waals surface area contributed by atoms with Gasteiger partial charge in [0.15, 0.2) is 0 Å². The van der Waals surface area contributed by atoms with E-state index in [1.807, 2.05) is 37.1 Å². The number of fused-ring (bicyclic) bond motifs is 1. The summed E-state index contributed by atoms with van der Waals surface area (Å²) in [6, 6.07) is 8.02. The van der Waals surface area contributed by atoms with E-state index in [1.54, 1.807) is 0 Å². The van der Waals surface area contributed by atoms with E-state index in [-0.39, 0.29) is 17.8 Å². The largest absolute Gasteiger partial charge is 0.494 e. The minimum Gasteiger partial charge on any atom is -0.494 e. The second kappa shape index (κ2) is 8.21. The van der Waals surface area contributed by atoms with Crippen LogP contribution in [0.2, 0.25) is 0 Å². The minimum absolute atomic E-state index is 0. The van der Waals surface area contributed by atoms with Crippen molar-refractivity contribution in [3.63, 3.8) is 0 Å². The van der Waals surface area contributed by atoms with Crippen LogP contribution in [-0.4, -0.2) is 37.6 Å². The number of halogens is 1. The van der Waals surface area contributed by atoms with Crippen LogP contribution in [-0.2, 0) is 11.3 Å². The third kappa shape index (κ3) is 3.55. The summed E-state index contributed by atoms with van der Waals surface area (Å²) in [6.45, 7) is 5.08. The first kappa shape index (κ1) is 19.1. The van der Waals surface area contributed by atoms with Gasteiger partial charge in [-0.25, -0.2) is 0 Å². The van der Waals surface area contributed by atoms with Crippen molar-refractivity contribution >= 4 is 18.3 Å². The first-order valence-corrected chi connectivity index (χ1v) is 8.84. The fourth-order valence-electron chi connectivity index (χ4n) is 4.31. The molecule has 0 spiro atoms. The van der Waals surface area contributed by atoms with Crippen molar-refractivity contribution in [2.75, 3.05) is 26.7 Å². The van der Waals surface area contributed by atoms with E-state index in [1.165, 1.54) is 19.3 Å². The number of hydrogen-bond donors (Lipinski definition) is 1. The van der Waals surface area contributed by atoms with Gasteiger partial charge in [0.1, 0.15) is 5.75 Å². The Hall–Kier alpha value is -1.26. The molecule has 134 valence electrons. The van der Waals surface area contributed by atoms with Crippen LogP contribution in [0.25, 0.3) is 0 Å². The molecule has 1 aliphatic heterocycles. The number of carbonyl (C=O) groups excluding carboxylic acids is 1. The molecule has 2 aliphatic rings. The van der Waals surface area contributed by atoms with E-state index in [4.69, 9.17) is 4.74 Å². The summed E-state index contributed by atoms with van der Waals surface area (Å²) in [5, 5.41) is 3.46. The lowest BCUT2D eigenvalue weighted by atomic mass is 9.67. The second-order valence-corrected chi connectivity index (χ2v) is 6.93. The molecule has 2 fully saturated rings. The molecule has 4 nitrogen and oxygen atoms in total. The van der Waals surface area contributed by atoms with Crippen LogP contribution in [0.5, 0.6) is 5.75 Å². The zero-order chi connectivity index (χ0) is 16.3. The Morgan fingerprint density at radius 3 is 2.96 bits per heavy atom. The lowest BCUT2D eigenvalue weighted by Gasteiger charge is -2.40. The normalized spacial score (nSPS) is 25.5. The number of ether oxygens (including phenoxy) is 1. The van der Waals surface area contributed by atoms with Crippen molar-refractivity contribution in [3.05, 3.63) is 29.8 Å². The van der Waals surface area contributed by atoms with Gasteiger partial charge in [-0.2, -0.15) is 0 Å². The highest BCUT2D eigenvalue weighted by Crippen LogP contribution is 2.45. The number of carbonyl (C=O) groups is 1. The summed E-state index contributed by atoms with van der Waals surface area (Å²) in [7, 11) is 1.93. The van der Waals surface area contributed by atoms with Gasteiger partial charge >= 0.3 is 0 Å². The maximum absolute atomic E-state index is 13.2. The van der Waals surface area contributed by atoms with Gasteiger partial charge in [-0.05, 0) is 38.3 Å². The average Bonchev–Trinajstić information content (AvgIpc) is 3.01. The maximum Gasteiger partial charge on any atom is 0.230 e. The van der Waals surface area contributed by atoms with Gasteiger partial charge in [-0.1, -0.05) is 31.0 Å². The van der Waals surface area contributed by atoms with Crippen LogP contribution in [0.4, 0.5) is 0 Å². The Morgan fingerprint density at radius 2 is 2.17 bits per heavy atom. The first-order valence-electron chi connectivity index (χ1n) is 8.84. The molecule has 0 aromatic heterocycles. The zero-order valence-corrected chi connectivity index (χ0v) is 15.5. The molecule has 3 rings (SSSR count). The molecular weight excluding hydrogens is 324 g/mol. The number of nitrogens with one attached hydrogen (secondary N) is 1. The van der Waals surface area contributed by atoms with Gasteiger partial charge in [-0.15, -0.1) is 12.4 Å². The van der Waals surface area contributed by atoms with Gasteiger partial charge < -0.3 is 15.0 Å². The maximum atomic E-state index is 13.2. The molecule has 2 atom stereocenters. The highest BCUT2D eigenvalue weighted by Gasteiger charge is 2.50. The molecule has 1 aliphatic carbocycles. The van der Waals surface area contributed by atoms with Crippen molar-refractivity contribution < 1.29 is 9.53 Å². The molecule has 0 bridgehead atoms. The Labute approximate surface area is 151 Å². The van der Waals surface area contributed by atoms with Gasteiger partial charge in [-0.3, -0.25) is 4.79 Å². The first-order chi connectivity index (χ1) is 11.2. The van der Waals surface area contributed by atoms with E-state index < -0.39 is 0 Å². The molecule has 1 heterocycles. The average molecular weight is 353 g/mol. The molecule has 1 aromatic carbocycles. The highest BCUT2D eigenvalue weighted by atomic mass is 35.5. The molecule has 5 heteroatoms. The lowest BCUT2D eigenvalue weighted by Crippen LogP contribution is -2.48. The number of para-hydroxylation sites is 1. The fourth-order valence-corrected chi connectivity index (χ4v) is 4.31.